The van der Waals surface area contributed by atoms with Gasteiger partial charge >= 0.3 is 0 Å². The third kappa shape index (κ3) is 5.40. The van der Waals surface area contributed by atoms with Crippen molar-refractivity contribution in [3.8, 4) is 22.3 Å². The average molecular weight is 382 g/mol. The molecular weight excluding hydrogens is 357 g/mol. The zero-order valence-electron chi connectivity index (χ0n) is 15.7. The van der Waals surface area contributed by atoms with Crippen LogP contribution in [-0.2, 0) is 6.42 Å². The molecule has 0 aliphatic rings. The minimum Gasteiger partial charge on any atom is -0.244 e. The van der Waals surface area contributed by atoms with E-state index in [0.717, 1.165) is 23.1 Å². The number of pyridine rings is 1. The lowest BCUT2D eigenvalue weighted by Crippen LogP contribution is -1.89. The number of aromatic nitrogens is 1. The van der Waals surface area contributed by atoms with E-state index in [1.54, 1.807) is 18.3 Å². The number of rotatable bonds is 8. The molecule has 2 aromatic carbocycles. The van der Waals surface area contributed by atoms with E-state index in [4.69, 9.17) is 11.6 Å². The molecule has 0 aliphatic heterocycles. The quantitative estimate of drug-likeness (QED) is 0.287. The molecule has 3 aromatic rings. The third-order valence-electron chi connectivity index (χ3n) is 4.86. The maximum atomic E-state index is 14.7. The standard InChI is InChI=1S/C24H25ClFN/c1-2-3-4-5-6-7-18-8-10-19(11-9-18)22-14-12-20(16-23(22)26)21-13-15-24(25)27-17-21/h8-17H,2-7H2,1H3. The summed E-state index contributed by atoms with van der Waals surface area (Å²) in [4.78, 5) is 4.06. The van der Waals surface area contributed by atoms with Crippen LogP contribution < -0.4 is 0 Å². The van der Waals surface area contributed by atoms with Crippen molar-refractivity contribution in [3.63, 3.8) is 0 Å². The summed E-state index contributed by atoms with van der Waals surface area (Å²) in [5.41, 5.74) is 4.49. The molecule has 140 valence electrons. The van der Waals surface area contributed by atoms with Crippen LogP contribution in [0.2, 0.25) is 5.15 Å². The first kappa shape index (κ1) is 19.6. The second-order valence-corrected chi connectivity index (χ2v) is 7.31. The van der Waals surface area contributed by atoms with Gasteiger partial charge in [0.25, 0.3) is 0 Å². The Balaban J connectivity index is 1.68. The summed E-state index contributed by atoms with van der Waals surface area (Å²) in [7, 11) is 0. The van der Waals surface area contributed by atoms with Gasteiger partial charge in [0, 0.05) is 17.3 Å². The summed E-state index contributed by atoms with van der Waals surface area (Å²) in [6, 6.07) is 17.1. The van der Waals surface area contributed by atoms with Crippen LogP contribution in [0.5, 0.6) is 0 Å². The molecule has 0 radical (unpaired) electrons. The highest BCUT2D eigenvalue weighted by molar-refractivity contribution is 6.29. The first-order valence-electron chi connectivity index (χ1n) is 9.68. The number of nitrogens with zero attached hydrogens (tertiary/aromatic N) is 1. The van der Waals surface area contributed by atoms with E-state index in [2.05, 4.69) is 24.0 Å². The normalized spacial score (nSPS) is 10.9. The van der Waals surface area contributed by atoms with E-state index in [1.165, 1.54) is 37.7 Å². The van der Waals surface area contributed by atoms with Gasteiger partial charge in [-0.05, 0) is 47.7 Å². The van der Waals surface area contributed by atoms with Crippen LogP contribution in [0.25, 0.3) is 22.3 Å². The molecule has 0 amide bonds. The maximum absolute atomic E-state index is 14.7. The molecule has 1 nitrogen and oxygen atoms in total. The lowest BCUT2D eigenvalue weighted by Gasteiger charge is -2.08. The molecule has 0 N–H and O–H groups in total. The van der Waals surface area contributed by atoms with Crippen molar-refractivity contribution in [3.05, 3.63) is 77.3 Å². The van der Waals surface area contributed by atoms with E-state index in [9.17, 15) is 4.39 Å². The Morgan fingerprint density at radius 3 is 2.19 bits per heavy atom. The minimum absolute atomic E-state index is 0.227. The van der Waals surface area contributed by atoms with E-state index >= 15 is 0 Å². The third-order valence-corrected chi connectivity index (χ3v) is 5.09. The molecule has 27 heavy (non-hydrogen) atoms. The SMILES string of the molecule is CCCCCCCc1ccc(-c2ccc(-c3ccc(Cl)nc3)cc2F)cc1. The largest absolute Gasteiger partial charge is 0.244 e. The molecule has 3 rings (SSSR count). The highest BCUT2D eigenvalue weighted by Crippen LogP contribution is 2.28. The molecule has 0 bridgehead atoms. The second kappa shape index (κ2) is 9.66. The predicted octanol–water partition coefficient (Wildman–Crippen LogP) is 7.72. The van der Waals surface area contributed by atoms with Gasteiger partial charge in [0.15, 0.2) is 0 Å². The van der Waals surface area contributed by atoms with Crippen LogP contribution in [0.4, 0.5) is 4.39 Å². The molecule has 0 saturated heterocycles. The minimum atomic E-state index is -0.227. The zero-order valence-corrected chi connectivity index (χ0v) is 16.5. The van der Waals surface area contributed by atoms with E-state index in [1.807, 2.05) is 30.3 Å². The monoisotopic (exact) mass is 381 g/mol. The fourth-order valence-electron chi connectivity index (χ4n) is 3.26. The zero-order chi connectivity index (χ0) is 19.1. The van der Waals surface area contributed by atoms with Gasteiger partial charge < -0.3 is 0 Å². The van der Waals surface area contributed by atoms with Crippen LogP contribution in [-0.4, -0.2) is 4.98 Å². The van der Waals surface area contributed by atoms with Gasteiger partial charge in [0.05, 0.1) is 0 Å². The molecule has 0 fully saturated rings. The molecule has 3 heteroatoms. The van der Waals surface area contributed by atoms with Crippen molar-refractivity contribution in [1.29, 1.82) is 0 Å². The van der Waals surface area contributed by atoms with Crippen LogP contribution >= 0.6 is 11.6 Å². The lowest BCUT2D eigenvalue weighted by molar-refractivity contribution is 0.631. The Bertz CT molecular complexity index is 857. The smallest absolute Gasteiger partial charge is 0.131 e. The number of hydrogen-bond acceptors (Lipinski definition) is 1. The fraction of sp³-hybridized carbons (Fsp3) is 0.292. The summed E-state index contributed by atoms with van der Waals surface area (Å²) in [5.74, 6) is -0.227. The van der Waals surface area contributed by atoms with Gasteiger partial charge in [0.2, 0.25) is 0 Å². The van der Waals surface area contributed by atoms with Gasteiger partial charge in [-0.15, -0.1) is 0 Å². The summed E-state index contributed by atoms with van der Waals surface area (Å²) in [6.45, 7) is 2.23. The van der Waals surface area contributed by atoms with E-state index in [-0.39, 0.29) is 5.82 Å². The number of aryl methyl sites for hydroxylation is 1. The second-order valence-electron chi connectivity index (χ2n) is 6.93. The number of halogens is 2. The highest BCUT2D eigenvalue weighted by atomic mass is 35.5. The van der Waals surface area contributed by atoms with E-state index < -0.39 is 0 Å². The summed E-state index contributed by atoms with van der Waals surface area (Å²) >= 11 is 5.82. The Morgan fingerprint density at radius 2 is 1.52 bits per heavy atom. The van der Waals surface area contributed by atoms with Crippen molar-refractivity contribution in [2.75, 3.05) is 0 Å². The number of hydrogen-bond donors (Lipinski definition) is 0. The summed E-state index contributed by atoms with van der Waals surface area (Å²) in [5, 5.41) is 0.432. The topological polar surface area (TPSA) is 12.9 Å². The molecule has 0 unspecified atom stereocenters. The van der Waals surface area contributed by atoms with Gasteiger partial charge in [-0.2, -0.15) is 0 Å². The predicted molar refractivity (Wildman–Crippen MR) is 113 cm³/mol. The molecule has 1 heterocycles. The number of unbranched alkanes of at least 4 members (excludes halogenated alkanes) is 4. The lowest BCUT2D eigenvalue weighted by atomic mass is 9.98. The highest BCUT2D eigenvalue weighted by Gasteiger charge is 2.08. The number of benzene rings is 2. The molecule has 0 saturated carbocycles. The molecule has 0 atom stereocenters. The molecule has 1 aromatic heterocycles. The Kier molecular flexibility index (Phi) is 7.00. The van der Waals surface area contributed by atoms with Crippen LogP contribution in [0.1, 0.15) is 44.6 Å². The average Bonchev–Trinajstić information content (AvgIpc) is 2.69. The molecule has 0 aliphatic carbocycles. The molecule has 0 spiro atoms. The Hall–Kier alpha value is -2.19. The van der Waals surface area contributed by atoms with Crippen molar-refractivity contribution < 1.29 is 4.39 Å². The van der Waals surface area contributed by atoms with Gasteiger partial charge in [-0.25, -0.2) is 9.37 Å². The first-order valence-corrected chi connectivity index (χ1v) is 10.1. The van der Waals surface area contributed by atoms with Crippen LogP contribution in [0.3, 0.4) is 0 Å². The van der Waals surface area contributed by atoms with Crippen molar-refractivity contribution >= 4 is 11.6 Å². The first-order chi connectivity index (χ1) is 13.2. The van der Waals surface area contributed by atoms with Crippen molar-refractivity contribution in [1.82, 2.24) is 4.98 Å². The van der Waals surface area contributed by atoms with E-state index in [0.29, 0.717) is 10.7 Å². The van der Waals surface area contributed by atoms with Crippen molar-refractivity contribution in [2.24, 2.45) is 0 Å². The molecular formula is C24H25ClFN. The summed E-state index contributed by atoms with van der Waals surface area (Å²) in [6.07, 6.45) is 9.16. The fourth-order valence-corrected chi connectivity index (χ4v) is 3.37. The summed E-state index contributed by atoms with van der Waals surface area (Å²) < 4.78 is 14.7. The van der Waals surface area contributed by atoms with Crippen LogP contribution in [0, 0.1) is 5.82 Å². The van der Waals surface area contributed by atoms with Crippen LogP contribution in [0.15, 0.2) is 60.8 Å². The maximum Gasteiger partial charge on any atom is 0.131 e. The van der Waals surface area contributed by atoms with Gasteiger partial charge in [-0.1, -0.05) is 80.6 Å². The Labute approximate surface area is 166 Å². The van der Waals surface area contributed by atoms with Gasteiger partial charge in [-0.3, -0.25) is 0 Å². The Morgan fingerprint density at radius 1 is 0.815 bits per heavy atom. The van der Waals surface area contributed by atoms with Crippen molar-refractivity contribution in [2.45, 2.75) is 45.4 Å². The van der Waals surface area contributed by atoms with Gasteiger partial charge in [0.1, 0.15) is 11.0 Å².